The van der Waals surface area contributed by atoms with Gasteiger partial charge in [-0.3, -0.25) is 9.89 Å². The number of hydrogen-bond acceptors (Lipinski definition) is 2. The fourth-order valence-corrected chi connectivity index (χ4v) is 2.27. The highest BCUT2D eigenvalue weighted by Crippen LogP contribution is 2.38. The Morgan fingerprint density at radius 2 is 2.05 bits per heavy atom. The molecule has 0 bridgehead atoms. The van der Waals surface area contributed by atoms with Crippen LogP contribution < -0.4 is 5.32 Å². The van der Waals surface area contributed by atoms with Gasteiger partial charge in [0.15, 0.2) is 0 Å². The average molecular weight is 269 g/mol. The lowest BCUT2D eigenvalue weighted by Crippen LogP contribution is -2.26. The number of rotatable bonds is 4. The molecule has 1 aromatic heterocycles. The maximum Gasteiger partial charge on any atom is 0.272 e. The maximum absolute atomic E-state index is 12.2. The molecule has 1 fully saturated rings. The van der Waals surface area contributed by atoms with Crippen molar-refractivity contribution in [1.82, 2.24) is 15.5 Å². The lowest BCUT2D eigenvalue weighted by molar-refractivity contribution is 0.0935. The Hall–Kier alpha value is -2.10. The molecule has 3 rings (SSSR count). The van der Waals surface area contributed by atoms with Crippen molar-refractivity contribution in [2.24, 2.45) is 0 Å². The zero-order chi connectivity index (χ0) is 14.1. The third-order valence-electron chi connectivity index (χ3n) is 3.77. The van der Waals surface area contributed by atoms with E-state index in [0.717, 1.165) is 11.3 Å². The SMILES string of the molecule is Cc1ccc(C(C)NC(=O)c2cc(C3CC3)[nH]n2)cc1. The molecule has 0 aliphatic heterocycles. The lowest BCUT2D eigenvalue weighted by Gasteiger charge is -2.13. The van der Waals surface area contributed by atoms with Gasteiger partial charge in [0, 0.05) is 11.6 Å². The Morgan fingerprint density at radius 3 is 2.70 bits per heavy atom. The summed E-state index contributed by atoms with van der Waals surface area (Å²) in [5, 5.41) is 10.0. The predicted octanol–water partition coefficient (Wildman–Crippen LogP) is 3.09. The van der Waals surface area contributed by atoms with Gasteiger partial charge in [-0.15, -0.1) is 0 Å². The van der Waals surface area contributed by atoms with Crippen LogP contribution in [0.4, 0.5) is 0 Å². The molecule has 104 valence electrons. The molecule has 1 atom stereocenters. The summed E-state index contributed by atoms with van der Waals surface area (Å²) < 4.78 is 0. The van der Waals surface area contributed by atoms with Gasteiger partial charge >= 0.3 is 0 Å². The smallest absolute Gasteiger partial charge is 0.272 e. The number of carbonyl (C=O) groups excluding carboxylic acids is 1. The minimum absolute atomic E-state index is 0.0239. The molecule has 0 radical (unpaired) electrons. The van der Waals surface area contributed by atoms with Crippen molar-refractivity contribution in [1.29, 1.82) is 0 Å². The van der Waals surface area contributed by atoms with Crippen LogP contribution in [0.5, 0.6) is 0 Å². The van der Waals surface area contributed by atoms with Crippen molar-refractivity contribution in [2.75, 3.05) is 0 Å². The fourth-order valence-electron chi connectivity index (χ4n) is 2.27. The Labute approximate surface area is 118 Å². The van der Waals surface area contributed by atoms with Crippen LogP contribution in [-0.2, 0) is 0 Å². The molecule has 1 amide bonds. The molecule has 2 N–H and O–H groups in total. The number of nitrogens with one attached hydrogen (secondary N) is 2. The van der Waals surface area contributed by atoms with E-state index in [0.29, 0.717) is 11.6 Å². The third kappa shape index (κ3) is 2.74. The third-order valence-corrected chi connectivity index (χ3v) is 3.77. The van der Waals surface area contributed by atoms with Crippen LogP contribution >= 0.6 is 0 Å². The Balaban J connectivity index is 1.66. The first-order valence-corrected chi connectivity index (χ1v) is 7.06. The molecule has 2 aromatic rings. The van der Waals surface area contributed by atoms with Crippen LogP contribution in [0.25, 0.3) is 0 Å². The van der Waals surface area contributed by atoms with Crippen LogP contribution in [0, 0.1) is 6.92 Å². The topological polar surface area (TPSA) is 57.8 Å². The fraction of sp³-hybridized carbons (Fsp3) is 0.375. The van der Waals surface area contributed by atoms with E-state index in [2.05, 4.69) is 34.6 Å². The van der Waals surface area contributed by atoms with Gasteiger partial charge in [0.25, 0.3) is 5.91 Å². The van der Waals surface area contributed by atoms with E-state index >= 15 is 0 Å². The van der Waals surface area contributed by atoms with Gasteiger partial charge < -0.3 is 5.32 Å². The summed E-state index contributed by atoms with van der Waals surface area (Å²) in [6.07, 6.45) is 2.39. The van der Waals surface area contributed by atoms with Gasteiger partial charge in [-0.25, -0.2) is 0 Å². The average Bonchev–Trinajstić information content (AvgIpc) is 3.17. The van der Waals surface area contributed by atoms with Crippen LogP contribution in [0.15, 0.2) is 30.3 Å². The van der Waals surface area contributed by atoms with Gasteiger partial charge in [-0.2, -0.15) is 5.10 Å². The highest BCUT2D eigenvalue weighted by atomic mass is 16.2. The van der Waals surface area contributed by atoms with E-state index in [9.17, 15) is 4.79 Å². The maximum atomic E-state index is 12.2. The van der Waals surface area contributed by atoms with Gasteiger partial charge in [-0.05, 0) is 38.3 Å². The summed E-state index contributed by atoms with van der Waals surface area (Å²) in [5.41, 5.74) is 3.87. The molecule has 0 spiro atoms. The molecule has 4 heteroatoms. The molecule has 20 heavy (non-hydrogen) atoms. The molecule has 1 aliphatic carbocycles. The zero-order valence-corrected chi connectivity index (χ0v) is 11.8. The second-order valence-corrected chi connectivity index (χ2v) is 5.59. The van der Waals surface area contributed by atoms with Crippen molar-refractivity contribution in [3.63, 3.8) is 0 Å². The second-order valence-electron chi connectivity index (χ2n) is 5.59. The lowest BCUT2D eigenvalue weighted by atomic mass is 10.1. The number of benzene rings is 1. The first-order chi connectivity index (χ1) is 9.63. The van der Waals surface area contributed by atoms with E-state index < -0.39 is 0 Å². The predicted molar refractivity (Wildman–Crippen MR) is 77.6 cm³/mol. The van der Waals surface area contributed by atoms with Gasteiger partial charge in [0.2, 0.25) is 0 Å². The first kappa shape index (κ1) is 12.9. The molecule has 4 nitrogen and oxygen atoms in total. The minimum atomic E-state index is -0.124. The number of aromatic amines is 1. The summed E-state index contributed by atoms with van der Waals surface area (Å²) in [6.45, 7) is 4.03. The van der Waals surface area contributed by atoms with E-state index in [1.807, 2.05) is 25.1 Å². The van der Waals surface area contributed by atoms with E-state index in [-0.39, 0.29) is 11.9 Å². The Kier molecular flexibility index (Phi) is 3.30. The van der Waals surface area contributed by atoms with E-state index in [1.165, 1.54) is 18.4 Å². The number of carbonyl (C=O) groups is 1. The van der Waals surface area contributed by atoms with Gasteiger partial charge in [0.1, 0.15) is 5.69 Å². The number of H-pyrrole nitrogens is 1. The van der Waals surface area contributed by atoms with E-state index in [4.69, 9.17) is 0 Å². The van der Waals surface area contributed by atoms with Gasteiger partial charge in [0.05, 0.1) is 6.04 Å². The Morgan fingerprint density at radius 1 is 1.35 bits per heavy atom. The van der Waals surface area contributed by atoms with Gasteiger partial charge in [-0.1, -0.05) is 29.8 Å². The highest BCUT2D eigenvalue weighted by Gasteiger charge is 2.26. The Bertz CT molecular complexity index is 611. The van der Waals surface area contributed by atoms with Crippen LogP contribution in [0.1, 0.15) is 59.0 Å². The van der Waals surface area contributed by atoms with Crippen molar-refractivity contribution in [3.8, 4) is 0 Å². The highest BCUT2D eigenvalue weighted by molar-refractivity contribution is 5.92. The number of aryl methyl sites for hydroxylation is 1. The summed E-state index contributed by atoms with van der Waals surface area (Å²) in [7, 11) is 0. The normalized spacial score (nSPS) is 15.9. The molecular weight excluding hydrogens is 250 g/mol. The number of hydrogen-bond donors (Lipinski definition) is 2. The van der Waals surface area contributed by atoms with E-state index in [1.54, 1.807) is 0 Å². The minimum Gasteiger partial charge on any atom is -0.344 e. The summed E-state index contributed by atoms with van der Waals surface area (Å²) >= 11 is 0. The second kappa shape index (κ2) is 5.12. The molecule has 1 unspecified atom stereocenters. The number of nitrogens with zero attached hydrogens (tertiary/aromatic N) is 1. The molecule has 1 aromatic carbocycles. The van der Waals surface area contributed by atoms with Crippen molar-refractivity contribution < 1.29 is 4.79 Å². The van der Waals surface area contributed by atoms with Crippen molar-refractivity contribution in [3.05, 3.63) is 52.8 Å². The summed E-state index contributed by atoms with van der Waals surface area (Å²) in [6, 6.07) is 10.0. The van der Waals surface area contributed by atoms with Crippen molar-refractivity contribution in [2.45, 2.75) is 38.6 Å². The zero-order valence-electron chi connectivity index (χ0n) is 11.8. The quantitative estimate of drug-likeness (QED) is 0.896. The van der Waals surface area contributed by atoms with Crippen LogP contribution in [0.3, 0.4) is 0 Å². The molecule has 0 saturated heterocycles. The number of aromatic nitrogens is 2. The first-order valence-electron chi connectivity index (χ1n) is 7.06. The molecular formula is C16H19N3O. The monoisotopic (exact) mass is 269 g/mol. The summed E-state index contributed by atoms with van der Waals surface area (Å²) in [4.78, 5) is 12.2. The molecule has 1 saturated carbocycles. The van der Waals surface area contributed by atoms with Crippen LogP contribution in [-0.4, -0.2) is 16.1 Å². The molecule has 1 heterocycles. The largest absolute Gasteiger partial charge is 0.344 e. The summed E-state index contributed by atoms with van der Waals surface area (Å²) in [5.74, 6) is 0.458. The van der Waals surface area contributed by atoms with Crippen LogP contribution in [0.2, 0.25) is 0 Å². The molecule has 1 aliphatic rings. The number of amides is 1. The van der Waals surface area contributed by atoms with Crippen molar-refractivity contribution >= 4 is 5.91 Å². The standard InChI is InChI=1S/C16H19N3O/c1-10-3-5-12(6-4-10)11(2)17-16(20)15-9-14(18-19-15)13-7-8-13/h3-6,9,11,13H,7-8H2,1-2H3,(H,17,20)(H,18,19).